The molecule has 6 nitrogen and oxygen atoms in total. The van der Waals surface area contributed by atoms with Crippen molar-refractivity contribution in [1.29, 1.82) is 0 Å². The fraction of sp³-hybridized carbons (Fsp3) is 0.0652. The van der Waals surface area contributed by atoms with Gasteiger partial charge in [-0.3, -0.25) is 0 Å². The molecule has 0 spiro atoms. The van der Waals surface area contributed by atoms with Crippen molar-refractivity contribution in [1.82, 2.24) is 10.3 Å². The molecule has 1 aliphatic heterocycles. The van der Waals surface area contributed by atoms with Crippen LogP contribution in [0.5, 0.6) is 0 Å². The summed E-state index contributed by atoms with van der Waals surface area (Å²) in [5.74, 6) is 2.44. The Bertz CT molecular complexity index is 2990. The summed E-state index contributed by atoms with van der Waals surface area (Å²) in [7, 11) is 0. The first-order chi connectivity index (χ1) is 25.8. The van der Waals surface area contributed by atoms with Gasteiger partial charge < -0.3 is 14.2 Å². The Hall–Kier alpha value is -6.79. The summed E-state index contributed by atoms with van der Waals surface area (Å²) in [6, 6.07) is 48.1. The largest absolute Gasteiger partial charge is 0.456 e. The normalized spacial score (nSPS) is 17.1. The number of rotatable bonds is 4. The molecule has 2 unspecified atom stereocenters. The van der Waals surface area contributed by atoms with Gasteiger partial charge in [0.05, 0.1) is 11.1 Å². The van der Waals surface area contributed by atoms with Gasteiger partial charge in [-0.25, -0.2) is 15.0 Å². The predicted octanol–water partition coefficient (Wildman–Crippen LogP) is 11.0. The molecule has 0 fully saturated rings. The van der Waals surface area contributed by atoms with Crippen molar-refractivity contribution in [2.24, 2.45) is 9.98 Å². The Labute approximate surface area is 298 Å². The Morgan fingerprint density at radius 3 is 2.02 bits per heavy atom. The zero-order valence-corrected chi connectivity index (χ0v) is 28.0. The van der Waals surface area contributed by atoms with Crippen molar-refractivity contribution in [2.75, 3.05) is 0 Å². The molecule has 0 saturated heterocycles. The van der Waals surface area contributed by atoms with Crippen molar-refractivity contribution < 1.29 is 8.83 Å². The summed E-state index contributed by atoms with van der Waals surface area (Å²) in [5, 5.41) is 11.4. The maximum Gasteiger partial charge on any atom is 0.228 e. The number of benzene rings is 6. The van der Waals surface area contributed by atoms with Gasteiger partial charge in [-0.15, -0.1) is 0 Å². The molecule has 0 saturated carbocycles. The molecule has 0 radical (unpaired) electrons. The first-order valence-electron chi connectivity index (χ1n) is 17.7. The molecule has 9 aromatic rings. The van der Waals surface area contributed by atoms with Crippen LogP contribution in [0.25, 0.3) is 71.9 Å². The van der Waals surface area contributed by atoms with Crippen LogP contribution < -0.4 is 5.32 Å². The lowest BCUT2D eigenvalue weighted by Crippen LogP contribution is -2.43. The Morgan fingerprint density at radius 2 is 1.21 bits per heavy atom. The average Bonchev–Trinajstić information content (AvgIpc) is 3.79. The van der Waals surface area contributed by atoms with Crippen LogP contribution in [0, 0.1) is 0 Å². The first kappa shape index (κ1) is 29.0. The van der Waals surface area contributed by atoms with Gasteiger partial charge in [0.2, 0.25) is 5.71 Å². The second kappa shape index (κ2) is 11.4. The smallest absolute Gasteiger partial charge is 0.228 e. The van der Waals surface area contributed by atoms with Crippen molar-refractivity contribution in [3.8, 4) is 11.3 Å². The molecule has 2 aliphatic rings. The lowest BCUT2D eigenvalue weighted by atomic mass is 9.86. The lowest BCUT2D eigenvalue weighted by Gasteiger charge is -2.31. The van der Waals surface area contributed by atoms with Crippen molar-refractivity contribution in [3.63, 3.8) is 0 Å². The van der Waals surface area contributed by atoms with E-state index in [1.807, 2.05) is 48.5 Å². The molecule has 1 N–H and O–H groups in total. The Balaban J connectivity index is 1.09. The van der Waals surface area contributed by atoms with Gasteiger partial charge in [-0.2, -0.15) is 0 Å². The monoisotopic (exact) mass is 670 g/mol. The predicted molar refractivity (Wildman–Crippen MR) is 211 cm³/mol. The number of aliphatic imine (C=N–C) groups is 2. The van der Waals surface area contributed by atoms with E-state index in [0.29, 0.717) is 11.5 Å². The van der Waals surface area contributed by atoms with E-state index in [0.717, 1.165) is 89.3 Å². The van der Waals surface area contributed by atoms with Crippen molar-refractivity contribution >= 4 is 72.3 Å². The van der Waals surface area contributed by atoms with E-state index in [2.05, 4.69) is 108 Å². The fourth-order valence-electron chi connectivity index (χ4n) is 8.20. The molecule has 1 aliphatic carbocycles. The minimum Gasteiger partial charge on any atom is -0.456 e. The molecule has 11 rings (SSSR count). The number of nitrogens with zero attached hydrogens (tertiary/aromatic N) is 3. The summed E-state index contributed by atoms with van der Waals surface area (Å²) in [6.07, 6.45) is 4.85. The second-order valence-corrected chi connectivity index (χ2v) is 13.5. The van der Waals surface area contributed by atoms with E-state index in [9.17, 15) is 0 Å². The fourth-order valence-corrected chi connectivity index (χ4v) is 8.20. The summed E-state index contributed by atoms with van der Waals surface area (Å²) in [5.41, 5.74) is 7.47. The highest BCUT2D eigenvalue weighted by Gasteiger charge is 2.34. The van der Waals surface area contributed by atoms with E-state index < -0.39 is 0 Å². The highest BCUT2D eigenvalue weighted by molar-refractivity contribution is 6.23. The van der Waals surface area contributed by atoms with Crippen molar-refractivity contribution in [2.45, 2.75) is 18.5 Å². The molecule has 52 heavy (non-hydrogen) atoms. The number of amidine groups is 2. The van der Waals surface area contributed by atoms with Gasteiger partial charge in [0.15, 0.2) is 5.84 Å². The molecule has 2 atom stereocenters. The van der Waals surface area contributed by atoms with Gasteiger partial charge in [0.25, 0.3) is 0 Å². The number of aromatic nitrogens is 1. The van der Waals surface area contributed by atoms with Crippen molar-refractivity contribution in [3.05, 3.63) is 168 Å². The van der Waals surface area contributed by atoms with Gasteiger partial charge in [0.1, 0.15) is 28.9 Å². The summed E-state index contributed by atoms with van der Waals surface area (Å²) < 4.78 is 12.7. The number of allylic oxidation sites excluding steroid dienone is 1. The summed E-state index contributed by atoms with van der Waals surface area (Å²) in [4.78, 5) is 15.7. The number of fused-ring (bicyclic) bond motifs is 9. The van der Waals surface area contributed by atoms with Crippen LogP contribution in [0.15, 0.2) is 164 Å². The van der Waals surface area contributed by atoms with E-state index in [1.165, 1.54) is 5.56 Å². The number of pyridine rings is 1. The van der Waals surface area contributed by atoms with E-state index >= 15 is 0 Å². The van der Waals surface area contributed by atoms with Gasteiger partial charge in [0, 0.05) is 44.3 Å². The topological polar surface area (TPSA) is 75.9 Å². The number of furan rings is 2. The molecule has 0 amide bonds. The molecule has 0 bridgehead atoms. The zero-order valence-electron chi connectivity index (χ0n) is 28.0. The van der Waals surface area contributed by atoms with Gasteiger partial charge in [-0.05, 0) is 46.9 Å². The Kier molecular flexibility index (Phi) is 6.34. The maximum absolute atomic E-state index is 6.36. The molecular weight excluding hydrogens is 641 g/mol. The van der Waals surface area contributed by atoms with Crippen LogP contribution in [-0.4, -0.2) is 22.8 Å². The van der Waals surface area contributed by atoms with Crippen LogP contribution in [0.4, 0.5) is 0 Å². The van der Waals surface area contributed by atoms with E-state index in [-0.39, 0.29) is 12.1 Å². The number of hydrogen-bond donors (Lipinski definition) is 1. The number of nitrogens with one attached hydrogen (secondary N) is 1. The quantitative estimate of drug-likeness (QED) is 0.202. The third kappa shape index (κ3) is 4.40. The SMILES string of the molecule is C1=Cc2oc3ccccc3c2C(C2N=C(c3ccccc3)N=C(c3ccc(-c4nc5oc6ccccc6c5c5ccccc45)c4ccccc34)N2)C1. The van der Waals surface area contributed by atoms with Gasteiger partial charge >= 0.3 is 0 Å². The average molecular weight is 671 g/mol. The van der Waals surface area contributed by atoms with Crippen LogP contribution in [0.1, 0.15) is 34.8 Å². The highest BCUT2D eigenvalue weighted by Crippen LogP contribution is 2.42. The van der Waals surface area contributed by atoms with E-state index in [4.69, 9.17) is 23.8 Å². The van der Waals surface area contributed by atoms with Crippen LogP contribution >= 0.6 is 0 Å². The lowest BCUT2D eigenvalue weighted by molar-refractivity contribution is 0.492. The van der Waals surface area contributed by atoms with Crippen LogP contribution in [0.3, 0.4) is 0 Å². The molecular formula is C46H30N4O2. The molecule has 6 heteroatoms. The highest BCUT2D eigenvalue weighted by atomic mass is 16.3. The third-order valence-electron chi connectivity index (χ3n) is 10.5. The van der Waals surface area contributed by atoms with E-state index in [1.54, 1.807) is 0 Å². The zero-order chi connectivity index (χ0) is 34.2. The molecule has 6 aromatic carbocycles. The maximum atomic E-state index is 6.36. The van der Waals surface area contributed by atoms with Crippen LogP contribution in [-0.2, 0) is 0 Å². The summed E-state index contributed by atoms with van der Waals surface area (Å²) in [6.45, 7) is 0. The minimum atomic E-state index is -0.271. The summed E-state index contributed by atoms with van der Waals surface area (Å²) >= 11 is 0. The number of hydrogen-bond acceptors (Lipinski definition) is 6. The minimum absolute atomic E-state index is 0.0458. The van der Waals surface area contributed by atoms with Crippen LogP contribution in [0.2, 0.25) is 0 Å². The third-order valence-corrected chi connectivity index (χ3v) is 10.5. The second-order valence-electron chi connectivity index (χ2n) is 13.5. The molecule has 4 heterocycles. The van der Waals surface area contributed by atoms with Gasteiger partial charge in [-0.1, -0.05) is 127 Å². The molecule has 246 valence electrons. The Morgan fingerprint density at radius 1 is 0.577 bits per heavy atom. The standard InChI is InChI=1S/C46H30N4O2/c1-2-13-27(14-3-1)43-48-44(50-45(49-43)36-21-12-24-39-40(36)34-19-8-10-22-37(34)51-39)33-26-25-32(28-15-4-5-16-29(28)33)42-31-18-7-6-17-30(31)41-35-20-9-11-23-38(35)52-46(41)47-42/h1-20,22-26,36,45H,21H2,(H,48,49,50). The molecule has 3 aromatic heterocycles. The first-order valence-corrected chi connectivity index (χ1v) is 17.7. The number of para-hydroxylation sites is 2.